The first kappa shape index (κ1) is 15.8. The second kappa shape index (κ2) is 5.97. The maximum Gasteiger partial charge on any atom is 0.270 e. The molecule has 3 aromatic carbocycles. The van der Waals surface area contributed by atoms with E-state index in [1.165, 1.54) is 18.2 Å². The van der Waals surface area contributed by atoms with Crippen molar-refractivity contribution in [2.45, 2.75) is 0 Å². The monoisotopic (exact) mass is 343 g/mol. The van der Waals surface area contributed by atoms with Crippen LogP contribution in [-0.4, -0.2) is 15.8 Å². The Labute approximate surface area is 149 Å². The van der Waals surface area contributed by atoms with Gasteiger partial charge in [-0.3, -0.25) is 14.9 Å². The summed E-state index contributed by atoms with van der Waals surface area (Å²) in [7, 11) is 0. The molecule has 0 spiro atoms. The van der Waals surface area contributed by atoms with Crippen LogP contribution in [0.2, 0.25) is 0 Å². The average Bonchev–Trinajstić information content (AvgIpc) is 2.65. The molecule has 0 unspecified atom stereocenters. The van der Waals surface area contributed by atoms with Gasteiger partial charge in [-0.05, 0) is 34.4 Å². The van der Waals surface area contributed by atoms with E-state index in [-0.39, 0.29) is 22.8 Å². The van der Waals surface area contributed by atoms with Gasteiger partial charge in [-0.1, -0.05) is 48.5 Å². The Kier molecular flexibility index (Phi) is 3.62. The molecule has 0 amide bonds. The van der Waals surface area contributed by atoms with Crippen molar-refractivity contribution in [1.29, 1.82) is 0 Å². The molecule has 0 radical (unpaired) electrons. The molecule has 0 bridgehead atoms. The maximum atomic E-state index is 12.8. The summed E-state index contributed by atoms with van der Waals surface area (Å²) in [5.74, 6) is -0.308. The SMILES string of the molecule is O=C1c2ccccc2/C(=C\c2cccc([N+](=O)[O-])c2)c2cccc(O)c21. The van der Waals surface area contributed by atoms with Crippen molar-refractivity contribution in [3.8, 4) is 5.75 Å². The summed E-state index contributed by atoms with van der Waals surface area (Å²) in [4.78, 5) is 23.4. The smallest absolute Gasteiger partial charge is 0.270 e. The van der Waals surface area contributed by atoms with Crippen molar-refractivity contribution in [3.63, 3.8) is 0 Å². The van der Waals surface area contributed by atoms with Gasteiger partial charge in [-0.15, -0.1) is 0 Å². The predicted molar refractivity (Wildman–Crippen MR) is 98.1 cm³/mol. The zero-order chi connectivity index (χ0) is 18.3. The number of nitro groups is 1. The van der Waals surface area contributed by atoms with E-state index in [4.69, 9.17) is 0 Å². The summed E-state index contributed by atoms with van der Waals surface area (Å²) in [6, 6.07) is 18.4. The molecule has 5 heteroatoms. The van der Waals surface area contributed by atoms with Crippen LogP contribution in [-0.2, 0) is 0 Å². The Morgan fingerprint density at radius 3 is 2.35 bits per heavy atom. The fraction of sp³-hybridized carbons (Fsp3) is 0. The van der Waals surface area contributed by atoms with Gasteiger partial charge in [0.15, 0.2) is 5.78 Å². The lowest BCUT2D eigenvalue weighted by atomic mass is 9.80. The predicted octanol–water partition coefficient (Wildman–Crippen LogP) is 4.43. The van der Waals surface area contributed by atoms with Crippen molar-refractivity contribution in [3.05, 3.63) is 105 Å². The van der Waals surface area contributed by atoms with E-state index in [2.05, 4.69) is 0 Å². The van der Waals surface area contributed by atoms with Crippen molar-refractivity contribution in [2.24, 2.45) is 0 Å². The minimum absolute atomic E-state index is 0.00402. The third-order valence-electron chi connectivity index (χ3n) is 4.41. The Morgan fingerprint density at radius 2 is 1.58 bits per heavy atom. The number of nitrogens with zero attached hydrogens (tertiary/aromatic N) is 1. The number of ketones is 1. The molecular weight excluding hydrogens is 330 g/mol. The first-order chi connectivity index (χ1) is 12.6. The number of phenolic OH excluding ortho intramolecular Hbond substituents is 1. The van der Waals surface area contributed by atoms with Gasteiger partial charge in [0.1, 0.15) is 5.75 Å². The number of non-ortho nitro benzene ring substituents is 1. The topological polar surface area (TPSA) is 80.4 Å². The lowest BCUT2D eigenvalue weighted by Gasteiger charge is -2.22. The summed E-state index contributed by atoms with van der Waals surface area (Å²) >= 11 is 0. The normalized spacial score (nSPS) is 14.0. The van der Waals surface area contributed by atoms with Crippen LogP contribution >= 0.6 is 0 Å². The molecule has 5 nitrogen and oxygen atoms in total. The van der Waals surface area contributed by atoms with Gasteiger partial charge in [-0.2, -0.15) is 0 Å². The lowest BCUT2D eigenvalue weighted by molar-refractivity contribution is -0.384. The summed E-state index contributed by atoms with van der Waals surface area (Å²) < 4.78 is 0. The van der Waals surface area contributed by atoms with Crippen LogP contribution in [0.5, 0.6) is 5.75 Å². The second-order valence-electron chi connectivity index (χ2n) is 5.98. The lowest BCUT2D eigenvalue weighted by Crippen LogP contribution is -2.14. The molecule has 0 fully saturated rings. The third kappa shape index (κ3) is 2.46. The molecule has 1 N–H and O–H groups in total. The highest BCUT2D eigenvalue weighted by Gasteiger charge is 2.29. The van der Waals surface area contributed by atoms with Crippen LogP contribution in [0.4, 0.5) is 5.69 Å². The van der Waals surface area contributed by atoms with Crippen molar-refractivity contribution < 1.29 is 14.8 Å². The second-order valence-corrected chi connectivity index (χ2v) is 5.98. The van der Waals surface area contributed by atoms with E-state index in [9.17, 15) is 20.0 Å². The van der Waals surface area contributed by atoms with Crippen molar-refractivity contribution in [2.75, 3.05) is 0 Å². The standard InChI is InChI=1S/C21H13NO4/c23-19-10-4-9-16-18(12-13-5-3-6-14(11-13)22(25)26)15-7-1-2-8-17(15)21(24)20(16)19/h1-12,23H/b18-12+. The van der Waals surface area contributed by atoms with Gasteiger partial charge >= 0.3 is 0 Å². The van der Waals surface area contributed by atoms with Gasteiger partial charge in [-0.25, -0.2) is 0 Å². The largest absolute Gasteiger partial charge is 0.507 e. The Bertz CT molecular complexity index is 1100. The zero-order valence-electron chi connectivity index (χ0n) is 13.5. The number of rotatable bonds is 2. The molecule has 0 saturated carbocycles. The molecule has 26 heavy (non-hydrogen) atoms. The minimum atomic E-state index is -0.444. The van der Waals surface area contributed by atoms with Gasteiger partial charge < -0.3 is 5.11 Å². The van der Waals surface area contributed by atoms with Crippen molar-refractivity contribution >= 4 is 23.1 Å². The number of hydrogen-bond acceptors (Lipinski definition) is 4. The van der Waals surface area contributed by atoms with Crippen LogP contribution in [0, 0.1) is 10.1 Å². The molecule has 1 aliphatic rings. The van der Waals surface area contributed by atoms with Crippen molar-refractivity contribution in [1.82, 2.24) is 0 Å². The van der Waals surface area contributed by atoms with Gasteiger partial charge in [0, 0.05) is 17.7 Å². The number of carbonyl (C=O) groups excluding carboxylic acids is 1. The number of aromatic hydroxyl groups is 1. The third-order valence-corrected chi connectivity index (χ3v) is 4.41. The molecule has 3 aromatic rings. The molecule has 0 atom stereocenters. The molecule has 0 heterocycles. The van der Waals surface area contributed by atoms with E-state index in [0.29, 0.717) is 16.7 Å². The molecule has 0 aromatic heterocycles. The molecular formula is C21H13NO4. The number of nitro benzene ring substituents is 1. The molecule has 126 valence electrons. The number of fused-ring (bicyclic) bond motifs is 2. The highest BCUT2D eigenvalue weighted by atomic mass is 16.6. The number of hydrogen-bond donors (Lipinski definition) is 1. The number of phenols is 1. The highest BCUT2D eigenvalue weighted by Crippen LogP contribution is 2.40. The van der Waals surface area contributed by atoms with Crippen LogP contribution in [0.25, 0.3) is 11.6 Å². The summed E-state index contributed by atoms with van der Waals surface area (Å²) in [6.07, 6.45) is 1.80. The number of carbonyl (C=O) groups is 1. The fourth-order valence-corrected chi connectivity index (χ4v) is 3.25. The average molecular weight is 343 g/mol. The van der Waals surface area contributed by atoms with E-state index in [0.717, 1.165) is 11.1 Å². The Hall–Kier alpha value is -3.73. The molecule has 0 saturated heterocycles. The van der Waals surface area contributed by atoms with Crippen LogP contribution in [0.3, 0.4) is 0 Å². The van der Waals surface area contributed by atoms with Crippen LogP contribution < -0.4 is 0 Å². The van der Waals surface area contributed by atoms with E-state index in [1.807, 2.05) is 12.1 Å². The summed E-state index contributed by atoms with van der Waals surface area (Å²) in [5, 5.41) is 21.3. The fourth-order valence-electron chi connectivity index (χ4n) is 3.25. The summed E-state index contributed by atoms with van der Waals surface area (Å²) in [6.45, 7) is 0. The van der Waals surface area contributed by atoms with E-state index in [1.54, 1.807) is 42.5 Å². The van der Waals surface area contributed by atoms with E-state index < -0.39 is 4.92 Å². The maximum absolute atomic E-state index is 12.8. The summed E-state index contributed by atoms with van der Waals surface area (Å²) in [5.41, 5.74) is 3.48. The van der Waals surface area contributed by atoms with E-state index >= 15 is 0 Å². The minimum Gasteiger partial charge on any atom is -0.507 e. The van der Waals surface area contributed by atoms with Gasteiger partial charge in [0.2, 0.25) is 0 Å². The first-order valence-corrected chi connectivity index (χ1v) is 7.99. The number of benzene rings is 3. The molecule has 0 aliphatic heterocycles. The molecule has 1 aliphatic carbocycles. The Balaban J connectivity index is 1.99. The van der Waals surface area contributed by atoms with Crippen LogP contribution in [0.15, 0.2) is 66.7 Å². The zero-order valence-corrected chi connectivity index (χ0v) is 13.5. The molecule has 4 rings (SSSR count). The van der Waals surface area contributed by atoms with Gasteiger partial charge in [0.25, 0.3) is 5.69 Å². The highest BCUT2D eigenvalue weighted by molar-refractivity contribution is 6.21. The van der Waals surface area contributed by atoms with Crippen LogP contribution in [0.1, 0.15) is 32.6 Å². The quantitative estimate of drug-likeness (QED) is 0.431. The van der Waals surface area contributed by atoms with Gasteiger partial charge in [0.05, 0.1) is 10.5 Å². The Morgan fingerprint density at radius 1 is 0.885 bits per heavy atom. The first-order valence-electron chi connectivity index (χ1n) is 7.99.